The summed E-state index contributed by atoms with van der Waals surface area (Å²) in [6, 6.07) is 0. The zero-order chi connectivity index (χ0) is 14.2. The smallest absolute Gasteiger partial charge is 0.0883 e. The van der Waals surface area contributed by atoms with E-state index in [1.165, 1.54) is 83.5 Å². The van der Waals surface area contributed by atoms with E-state index in [0.29, 0.717) is 0 Å². The molecule has 0 heterocycles. The van der Waals surface area contributed by atoms with Gasteiger partial charge in [0, 0.05) is 6.42 Å². The van der Waals surface area contributed by atoms with Crippen LogP contribution in [0, 0.1) is 0 Å². The minimum Gasteiger partial charge on any atom is -0.502 e. The van der Waals surface area contributed by atoms with Crippen molar-refractivity contribution in [2.75, 3.05) is 7.11 Å². The number of hydrogen-bond acceptors (Lipinski definition) is 1. The van der Waals surface area contributed by atoms with Crippen LogP contribution >= 0.6 is 0 Å². The second-order valence-electron chi connectivity index (χ2n) is 5.74. The second kappa shape index (κ2) is 15.6. The Morgan fingerprint density at radius 1 is 0.684 bits per heavy atom. The lowest BCUT2D eigenvalue weighted by molar-refractivity contribution is 0.276. The fourth-order valence-electron chi connectivity index (χ4n) is 2.44. The summed E-state index contributed by atoms with van der Waals surface area (Å²) in [4.78, 5) is 0. The summed E-state index contributed by atoms with van der Waals surface area (Å²) >= 11 is 0. The molecule has 0 aliphatic heterocycles. The topological polar surface area (TPSA) is 9.23 Å². The van der Waals surface area contributed by atoms with Crippen LogP contribution in [-0.4, -0.2) is 7.11 Å². The lowest BCUT2D eigenvalue weighted by atomic mass is 10.0. The van der Waals surface area contributed by atoms with E-state index < -0.39 is 0 Å². The van der Waals surface area contributed by atoms with Gasteiger partial charge < -0.3 is 4.74 Å². The fraction of sp³-hybridized carbons (Fsp3) is 0.889. The van der Waals surface area contributed by atoms with Gasteiger partial charge in [-0.05, 0) is 6.42 Å². The monoisotopic (exact) mass is 268 g/mol. The van der Waals surface area contributed by atoms with Gasteiger partial charge in [-0.15, -0.1) is 0 Å². The van der Waals surface area contributed by atoms with E-state index in [9.17, 15) is 0 Å². The number of methoxy groups -OCH3 is 1. The molecule has 0 rings (SSSR count). The highest BCUT2D eigenvalue weighted by Crippen LogP contribution is 2.14. The summed E-state index contributed by atoms with van der Waals surface area (Å²) < 4.78 is 5.06. The number of allylic oxidation sites excluding steroid dienone is 1. The minimum absolute atomic E-state index is 0.933. The van der Waals surface area contributed by atoms with E-state index in [4.69, 9.17) is 4.74 Å². The molecule has 0 aromatic rings. The molecular weight excluding hydrogens is 232 g/mol. The first kappa shape index (κ1) is 18.5. The van der Waals surface area contributed by atoms with Gasteiger partial charge in [0.1, 0.15) is 0 Å². The predicted octanol–water partition coefficient (Wildman–Crippen LogP) is 6.63. The van der Waals surface area contributed by atoms with Crippen molar-refractivity contribution in [3.63, 3.8) is 0 Å². The predicted molar refractivity (Wildman–Crippen MR) is 86.5 cm³/mol. The molecule has 19 heavy (non-hydrogen) atoms. The van der Waals surface area contributed by atoms with Gasteiger partial charge in [0.2, 0.25) is 0 Å². The highest BCUT2D eigenvalue weighted by molar-refractivity contribution is 4.80. The maximum absolute atomic E-state index is 5.06. The Kier molecular flexibility index (Phi) is 15.2. The first-order valence-electron chi connectivity index (χ1n) is 8.53. The molecule has 114 valence electrons. The molecule has 1 heteroatoms. The fourth-order valence-corrected chi connectivity index (χ4v) is 2.44. The maximum Gasteiger partial charge on any atom is 0.0883 e. The van der Waals surface area contributed by atoms with Crippen molar-refractivity contribution < 1.29 is 4.74 Å². The third kappa shape index (κ3) is 15.5. The molecule has 0 aliphatic rings. The summed E-state index contributed by atoms with van der Waals surface area (Å²) in [5.74, 6) is 0.933. The standard InChI is InChI=1S/C18H36O/c1-4-5-6-7-8-9-10-11-12-13-14-15-16-17-18(2)19-3/h2,4-17H2,1,3H3. The molecule has 0 bridgehead atoms. The summed E-state index contributed by atoms with van der Waals surface area (Å²) in [5.41, 5.74) is 0. The normalized spacial score (nSPS) is 10.6. The third-order valence-corrected chi connectivity index (χ3v) is 3.85. The van der Waals surface area contributed by atoms with Crippen molar-refractivity contribution in [2.45, 2.75) is 96.8 Å². The van der Waals surface area contributed by atoms with Crippen molar-refractivity contribution in [3.8, 4) is 0 Å². The maximum atomic E-state index is 5.06. The van der Waals surface area contributed by atoms with Crippen LogP contribution in [0.3, 0.4) is 0 Å². The highest BCUT2D eigenvalue weighted by Gasteiger charge is 1.95. The van der Waals surface area contributed by atoms with Gasteiger partial charge in [-0.25, -0.2) is 0 Å². The Morgan fingerprint density at radius 3 is 1.42 bits per heavy atom. The molecule has 0 aromatic heterocycles. The minimum atomic E-state index is 0.933. The van der Waals surface area contributed by atoms with E-state index in [-0.39, 0.29) is 0 Å². The highest BCUT2D eigenvalue weighted by atomic mass is 16.5. The summed E-state index contributed by atoms with van der Waals surface area (Å²) in [7, 11) is 1.71. The third-order valence-electron chi connectivity index (χ3n) is 3.85. The van der Waals surface area contributed by atoms with Crippen LogP contribution in [0.4, 0.5) is 0 Å². The van der Waals surface area contributed by atoms with Crippen molar-refractivity contribution in [3.05, 3.63) is 12.3 Å². The Hall–Kier alpha value is -0.460. The second-order valence-corrected chi connectivity index (χ2v) is 5.74. The molecule has 0 atom stereocenters. The van der Waals surface area contributed by atoms with E-state index in [2.05, 4.69) is 13.5 Å². The van der Waals surface area contributed by atoms with Gasteiger partial charge in [0.25, 0.3) is 0 Å². The Bertz CT molecular complexity index is 186. The first-order valence-corrected chi connectivity index (χ1v) is 8.53. The van der Waals surface area contributed by atoms with Crippen LogP contribution in [0.25, 0.3) is 0 Å². The average Bonchev–Trinajstić information content (AvgIpc) is 2.43. The number of unbranched alkanes of at least 4 members (excludes halogenated alkanes) is 12. The molecule has 0 aromatic carbocycles. The SMILES string of the molecule is C=C(CCCCCCCCCCCCCCC)OC. The van der Waals surface area contributed by atoms with Crippen molar-refractivity contribution in [1.82, 2.24) is 0 Å². The number of rotatable bonds is 15. The van der Waals surface area contributed by atoms with E-state index >= 15 is 0 Å². The Labute approximate surface area is 121 Å². The average molecular weight is 268 g/mol. The molecule has 0 spiro atoms. The molecule has 0 unspecified atom stereocenters. The van der Waals surface area contributed by atoms with Gasteiger partial charge in [-0.3, -0.25) is 0 Å². The van der Waals surface area contributed by atoms with Crippen LogP contribution in [0.5, 0.6) is 0 Å². The van der Waals surface area contributed by atoms with Gasteiger partial charge >= 0.3 is 0 Å². The van der Waals surface area contributed by atoms with E-state index in [1.807, 2.05) is 0 Å². The lowest BCUT2D eigenvalue weighted by Gasteiger charge is -2.04. The summed E-state index contributed by atoms with van der Waals surface area (Å²) in [6.07, 6.45) is 19.3. The van der Waals surface area contributed by atoms with Gasteiger partial charge in [-0.1, -0.05) is 90.6 Å². The molecule has 0 saturated carbocycles. The summed E-state index contributed by atoms with van der Waals surface area (Å²) in [5, 5.41) is 0. The number of ether oxygens (including phenoxy) is 1. The summed E-state index contributed by atoms with van der Waals surface area (Å²) in [6.45, 7) is 6.13. The zero-order valence-corrected chi connectivity index (χ0v) is 13.5. The van der Waals surface area contributed by atoms with Crippen LogP contribution in [0.2, 0.25) is 0 Å². The molecule has 0 saturated heterocycles. The van der Waals surface area contributed by atoms with Crippen LogP contribution in [0.15, 0.2) is 12.3 Å². The van der Waals surface area contributed by atoms with Crippen LogP contribution in [-0.2, 0) is 4.74 Å². The van der Waals surface area contributed by atoms with Crippen LogP contribution in [0.1, 0.15) is 96.8 Å². The molecule has 0 fully saturated rings. The van der Waals surface area contributed by atoms with Crippen molar-refractivity contribution >= 4 is 0 Å². The van der Waals surface area contributed by atoms with E-state index in [1.54, 1.807) is 7.11 Å². The first-order chi connectivity index (χ1) is 9.31. The number of hydrogen-bond donors (Lipinski definition) is 0. The Morgan fingerprint density at radius 2 is 1.05 bits per heavy atom. The van der Waals surface area contributed by atoms with Gasteiger partial charge in [0.05, 0.1) is 12.9 Å². The largest absolute Gasteiger partial charge is 0.502 e. The van der Waals surface area contributed by atoms with Crippen molar-refractivity contribution in [2.24, 2.45) is 0 Å². The quantitative estimate of drug-likeness (QED) is 0.239. The van der Waals surface area contributed by atoms with Crippen LogP contribution < -0.4 is 0 Å². The van der Waals surface area contributed by atoms with E-state index in [0.717, 1.165) is 12.2 Å². The Balaban J connectivity index is 2.97. The zero-order valence-electron chi connectivity index (χ0n) is 13.5. The molecule has 1 nitrogen and oxygen atoms in total. The van der Waals surface area contributed by atoms with Gasteiger partial charge in [0.15, 0.2) is 0 Å². The molecule has 0 N–H and O–H groups in total. The molecular formula is C18H36O. The van der Waals surface area contributed by atoms with Gasteiger partial charge in [-0.2, -0.15) is 0 Å². The molecule has 0 aliphatic carbocycles. The molecule has 0 amide bonds. The van der Waals surface area contributed by atoms with Crippen molar-refractivity contribution in [1.29, 1.82) is 0 Å². The lowest BCUT2D eigenvalue weighted by Crippen LogP contribution is -1.86. The molecule has 0 radical (unpaired) electrons.